The van der Waals surface area contributed by atoms with E-state index in [2.05, 4.69) is 170 Å². The van der Waals surface area contributed by atoms with Gasteiger partial charge in [-0.25, -0.2) is 4.98 Å². The summed E-state index contributed by atoms with van der Waals surface area (Å²) in [6.07, 6.45) is 0. The Labute approximate surface area is 315 Å². The first-order chi connectivity index (χ1) is 26.6. The molecule has 54 heavy (non-hydrogen) atoms. The zero-order valence-electron chi connectivity index (χ0n) is 30.0. The van der Waals surface area contributed by atoms with Crippen LogP contribution in [0.5, 0.6) is 0 Å². The van der Waals surface area contributed by atoms with Crippen molar-refractivity contribution in [2.45, 2.75) is 13.8 Å². The molecule has 2 aromatic heterocycles. The molecule has 0 amide bonds. The zero-order chi connectivity index (χ0) is 36.6. The first-order valence-corrected chi connectivity index (χ1v) is 20.1. The number of hydrogen-bond acceptors (Lipinski definition) is 4. The predicted octanol–water partition coefficient (Wildman–Crippen LogP) is 8.17. The minimum Gasteiger partial charge on any atom is -0.278 e. The van der Waals surface area contributed by atoms with Gasteiger partial charge in [-0.2, -0.15) is 15.2 Å². The molecular formula is C48H35N5Si. The fourth-order valence-corrected chi connectivity index (χ4v) is 12.9. The van der Waals surface area contributed by atoms with E-state index in [1.807, 2.05) is 30.3 Å². The van der Waals surface area contributed by atoms with Crippen LogP contribution in [-0.4, -0.2) is 27.6 Å². The van der Waals surface area contributed by atoms with Gasteiger partial charge in [0.05, 0.1) is 22.7 Å². The fourth-order valence-electron chi connectivity index (χ4n) is 8.09. The summed E-state index contributed by atoms with van der Waals surface area (Å²) in [5.74, 6) is 1.74. The van der Waals surface area contributed by atoms with Gasteiger partial charge in [0, 0.05) is 21.9 Å². The molecule has 0 unspecified atom stereocenters. The summed E-state index contributed by atoms with van der Waals surface area (Å²) in [5, 5.41) is 16.9. The molecule has 6 heteroatoms. The first kappa shape index (κ1) is 32.9. The third kappa shape index (κ3) is 5.42. The maximum atomic E-state index is 9.78. The number of nitrogens with zero attached hydrogens (tertiary/aromatic N) is 5. The zero-order valence-corrected chi connectivity index (χ0v) is 31.0. The van der Waals surface area contributed by atoms with E-state index in [1.54, 1.807) is 0 Å². The molecule has 2 heterocycles. The van der Waals surface area contributed by atoms with Crippen molar-refractivity contribution in [2.24, 2.45) is 0 Å². The van der Waals surface area contributed by atoms with E-state index in [-0.39, 0.29) is 0 Å². The normalized spacial score (nSPS) is 11.5. The Kier molecular flexibility index (Phi) is 8.27. The highest BCUT2D eigenvalue weighted by molar-refractivity contribution is 7.19. The van der Waals surface area contributed by atoms with Crippen LogP contribution in [0, 0.1) is 25.2 Å². The van der Waals surface area contributed by atoms with Crippen molar-refractivity contribution in [3.63, 3.8) is 0 Å². The highest BCUT2D eigenvalue weighted by Crippen LogP contribution is 2.33. The molecule has 9 aromatic rings. The number of para-hydroxylation sites is 1. The lowest BCUT2D eigenvalue weighted by molar-refractivity contribution is 0.951. The first-order valence-electron chi connectivity index (χ1n) is 18.1. The van der Waals surface area contributed by atoms with Crippen LogP contribution in [0.15, 0.2) is 176 Å². The van der Waals surface area contributed by atoms with E-state index >= 15 is 0 Å². The molecule has 0 aliphatic rings. The summed E-state index contributed by atoms with van der Waals surface area (Å²) >= 11 is 0. The van der Waals surface area contributed by atoms with Crippen molar-refractivity contribution in [2.75, 3.05) is 0 Å². The van der Waals surface area contributed by atoms with Gasteiger partial charge in [0.2, 0.25) is 5.95 Å². The van der Waals surface area contributed by atoms with E-state index < -0.39 is 8.07 Å². The quantitative estimate of drug-likeness (QED) is 0.124. The summed E-state index contributed by atoms with van der Waals surface area (Å²) < 4.78 is 2.11. The number of hydrogen-bond donors (Lipinski definition) is 0. The highest BCUT2D eigenvalue weighted by atomic mass is 28.3. The smallest absolute Gasteiger partial charge is 0.238 e. The topological polar surface area (TPSA) is 67.4 Å². The van der Waals surface area contributed by atoms with Gasteiger partial charge in [0.25, 0.3) is 0 Å². The lowest BCUT2D eigenvalue weighted by Gasteiger charge is -2.34. The van der Waals surface area contributed by atoms with Gasteiger partial charge in [-0.1, -0.05) is 152 Å². The highest BCUT2D eigenvalue weighted by Gasteiger charge is 2.41. The molecule has 0 spiro atoms. The minimum absolute atomic E-state index is 0.525. The van der Waals surface area contributed by atoms with Crippen molar-refractivity contribution < 1.29 is 0 Å². The van der Waals surface area contributed by atoms with Gasteiger partial charge in [0.1, 0.15) is 0 Å². The molecule has 0 saturated heterocycles. The standard InChI is InChI=1S/C48H35N5Si/c1-33-16-14-17-34(2)45(33)47-50-46(51-48(52-47)53-43-27-13-12-26-41(43)42-30-35(32-49)28-29-44(42)53)36-18-15-25-40(31-36)54(37-19-6-3-7-20-37,38-21-8-4-9-22-38)39-23-10-5-11-24-39/h3-31H,1-2H3. The Morgan fingerprint density at radius 2 is 1.02 bits per heavy atom. The maximum Gasteiger partial charge on any atom is 0.238 e. The Balaban J connectivity index is 1.34. The van der Waals surface area contributed by atoms with Gasteiger partial charge < -0.3 is 0 Å². The lowest BCUT2D eigenvalue weighted by atomic mass is 10.0. The second-order valence-electron chi connectivity index (χ2n) is 13.7. The molecule has 9 rings (SSSR count). The molecule has 0 aliphatic heterocycles. The molecule has 0 N–H and O–H groups in total. The van der Waals surface area contributed by atoms with Crippen LogP contribution in [0.1, 0.15) is 16.7 Å². The molecular weight excluding hydrogens is 675 g/mol. The molecule has 0 aliphatic carbocycles. The summed E-state index contributed by atoms with van der Waals surface area (Å²) in [6.45, 7) is 4.21. The van der Waals surface area contributed by atoms with E-state index in [4.69, 9.17) is 15.0 Å². The van der Waals surface area contributed by atoms with Gasteiger partial charge in [-0.05, 0) is 70.0 Å². The Hall–Kier alpha value is -6.94. The summed E-state index contributed by atoms with van der Waals surface area (Å²) in [7, 11) is -2.81. The van der Waals surface area contributed by atoms with E-state index in [9.17, 15) is 5.26 Å². The lowest BCUT2D eigenvalue weighted by Crippen LogP contribution is -2.74. The molecule has 256 valence electrons. The number of benzene rings is 7. The van der Waals surface area contributed by atoms with Crippen LogP contribution in [0.2, 0.25) is 0 Å². The van der Waals surface area contributed by atoms with E-state index in [1.165, 1.54) is 20.7 Å². The third-order valence-corrected chi connectivity index (χ3v) is 15.3. The SMILES string of the molecule is Cc1cccc(C)c1-c1nc(-c2cccc([Si](c3ccccc3)(c3ccccc3)c3ccccc3)c2)nc(-n2c3ccccc3c3cc(C#N)ccc32)n1. The predicted molar refractivity (Wildman–Crippen MR) is 223 cm³/mol. The largest absolute Gasteiger partial charge is 0.278 e. The fraction of sp³-hybridized carbons (Fsp3) is 0.0417. The molecule has 0 bridgehead atoms. The number of aromatic nitrogens is 4. The number of rotatable bonds is 7. The second kappa shape index (κ2) is 13.6. The van der Waals surface area contributed by atoms with Gasteiger partial charge in [-0.15, -0.1) is 0 Å². The molecule has 5 nitrogen and oxygen atoms in total. The molecule has 0 atom stereocenters. The van der Waals surface area contributed by atoms with Crippen LogP contribution in [0.4, 0.5) is 0 Å². The maximum absolute atomic E-state index is 9.78. The Morgan fingerprint density at radius 1 is 0.481 bits per heavy atom. The van der Waals surface area contributed by atoms with Crippen LogP contribution in [-0.2, 0) is 0 Å². The van der Waals surface area contributed by atoms with E-state index in [0.717, 1.165) is 44.1 Å². The van der Waals surface area contributed by atoms with Crippen molar-refractivity contribution in [1.29, 1.82) is 5.26 Å². The second-order valence-corrected chi connectivity index (χ2v) is 17.5. The van der Waals surface area contributed by atoms with Crippen LogP contribution in [0.25, 0.3) is 50.5 Å². The van der Waals surface area contributed by atoms with Gasteiger partial charge >= 0.3 is 0 Å². The van der Waals surface area contributed by atoms with Crippen LogP contribution >= 0.6 is 0 Å². The van der Waals surface area contributed by atoms with Gasteiger partial charge in [0.15, 0.2) is 19.7 Å². The summed E-state index contributed by atoms with van der Waals surface area (Å²) in [4.78, 5) is 15.8. The summed E-state index contributed by atoms with van der Waals surface area (Å²) in [6, 6.07) is 64.3. The number of fused-ring (bicyclic) bond motifs is 3. The Bertz CT molecular complexity index is 2740. The molecule has 0 saturated carbocycles. The molecule has 7 aromatic carbocycles. The van der Waals surface area contributed by atoms with Crippen LogP contribution in [0.3, 0.4) is 0 Å². The Morgan fingerprint density at radius 3 is 1.65 bits per heavy atom. The van der Waals surface area contributed by atoms with Crippen molar-refractivity contribution in [1.82, 2.24) is 19.5 Å². The average molecular weight is 710 g/mol. The molecule has 0 fully saturated rings. The average Bonchev–Trinajstić information content (AvgIpc) is 3.56. The van der Waals surface area contributed by atoms with E-state index in [0.29, 0.717) is 23.2 Å². The van der Waals surface area contributed by atoms with Crippen molar-refractivity contribution in [3.8, 4) is 34.8 Å². The summed E-state index contributed by atoms with van der Waals surface area (Å²) in [5.41, 5.74) is 6.59. The van der Waals surface area contributed by atoms with Crippen molar-refractivity contribution >= 4 is 50.6 Å². The minimum atomic E-state index is -2.81. The third-order valence-electron chi connectivity index (χ3n) is 10.5. The monoisotopic (exact) mass is 709 g/mol. The van der Waals surface area contributed by atoms with Crippen LogP contribution < -0.4 is 20.7 Å². The number of nitriles is 1. The van der Waals surface area contributed by atoms with Crippen molar-refractivity contribution in [3.05, 3.63) is 193 Å². The number of aryl methyl sites for hydroxylation is 2. The van der Waals surface area contributed by atoms with Gasteiger partial charge in [-0.3, -0.25) is 4.57 Å². The molecule has 0 radical (unpaired) electrons.